The Kier molecular flexibility index (Phi) is 3.37. The summed E-state index contributed by atoms with van der Waals surface area (Å²) in [6.45, 7) is 0.777. The minimum Gasteiger partial charge on any atom is -0.330 e. The fourth-order valence-electron chi connectivity index (χ4n) is 2.65. The second-order valence-electron chi connectivity index (χ2n) is 4.59. The van der Waals surface area contributed by atoms with Crippen molar-refractivity contribution in [2.24, 2.45) is 5.73 Å². The molecule has 1 aliphatic carbocycles. The average Bonchev–Trinajstić information content (AvgIpc) is 2.31. The monoisotopic (exact) mass is 221 g/mol. The molecule has 0 bridgehead atoms. The lowest BCUT2D eigenvalue weighted by Gasteiger charge is -2.36. The summed E-state index contributed by atoms with van der Waals surface area (Å²) in [6, 6.07) is 8.54. The quantitative estimate of drug-likeness (QED) is 0.737. The van der Waals surface area contributed by atoms with E-state index in [1.807, 2.05) is 0 Å². The van der Waals surface area contributed by atoms with Gasteiger partial charge in [0.25, 0.3) is 0 Å². The normalized spacial score (nSPS) is 20.1. The highest BCUT2D eigenvalue weighted by atomic mass is 32.1. The lowest BCUT2D eigenvalue weighted by atomic mass is 9.69. The van der Waals surface area contributed by atoms with E-state index in [2.05, 4.69) is 36.9 Å². The first kappa shape index (κ1) is 11.0. The highest BCUT2D eigenvalue weighted by Gasteiger charge is 2.32. The van der Waals surface area contributed by atoms with Crippen molar-refractivity contribution in [3.05, 3.63) is 29.8 Å². The first-order valence-corrected chi connectivity index (χ1v) is 6.21. The molecule has 1 aromatic carbocycles. The van der Waals surface area contributed by atoms with Crippen LogP contribution < -0.4 is 5.73 Å². The van der Waals surface area contributed by atoms with Crippen LogP contribution in [0.3, 0.4) is 0 Å². The van der Waals surface area contributed by atoms with Gasteiger partial charge in [-0.15, -0.1) is 12.6 Å². The van der Waals surface area contributed by atoms with Crippen LogP contribution in [0.25, 0.3) is 0 Å². The summed E-state index contributed by atoms with van der Waals surface area (Å²) in [6.07, 6.45) is 6.50. The molecule has 0 aromatic heterocycles. The van der Waals surface area contributed by atoms with Crippen LogP contribution >= 0.6 is 12.6 Å². The van der Waals surface area contributed by atoms with Gasteiger partial charge >= 0.3 is 0 Å². The van der Waals surface area contributed by atoms with E-state index in [9.17, 15) is 0 Å². The Labute approximate surface area is 97.5 Å². The summed E-state index contributed by atoms with van der Waals surface area (Å²) in [5.41, 5.74) is 7.64. The minimum absolute atomic E-state index is 0.250. The van der Waals surface area contributed by atoms with Gasteiger partial charge in [0.15, 0.2) is 0 Å². The molecular weight excluding hydrogens is 202 g/mol. The number of benzene rings is 1. The molecule has 0 saturated heterocycles. The predicted octanol–water partition coefficient (Wildman–Crippen LogP) is 3.14. The maximum atomic E-state index is 5.99. The van der Waals surface area contributed by atoms with E-state index in [-0.39, 0.29) is 5.41 Å². The topological polar surface area (TPSA) is 26.0 Å². The van der Waals surface area contributed by atoms with Gasteiger partial charge in [0.2, 0.25) is 0 Å². The molecule has 0 heterocycles. The Morgan fingerprint density at radius 1 is 1.07 bits per heavy atom. The van der Waals surface area contributed by atoms with Gasteiger partial charge < -0.3 is 5.73 Å². The molecule has 0 unspecified atom stereocenters. The number of thiol groups is 1. The summed E-state index contributed by atoms with van der Waals surface area (Å²) >= 11 is 4.32. The molecule has 82 valence electrons. The largest absolute Gasteiger partial charge is 0.330 e. The molecule has 15 heavy (non-hydrogen) atoms. The van der Waals surface area contributed by atoms with Gasteiger partial charge in [-0.1, -0.05) is 31.4 Å². The zero-order valence-electron chi connectivity index (χ0n) is 9.08. The van der Waals surface area contributed by atoms with Gasteiger partial charge in [0.05, 0.1) is 0 Å². The molecule has 0 spiro atoms. The van der Waals surface area contributed by atoms with Gasteiger partial charge in [0, 0.05) is 16.9 Å². The summed E-state index contributed by atoms with van der Waals surface area (Å²) in [5.74, 6) is 0. The maximum Gasteiger partial charge on any atom is 0.00755 e. The Morgan fingerprint density at radius 2 is 1.67 bits per heavy atom. The second kappa shape index (κ2) is 4.58. The van der Waals surface area contributed by atoms with Crippen LogP contribution in [0.2, 0.25) is 0 Å². The van der Waals surface area contributed by atoms with Crippen molar-refractivity contribution in [1.29, 1.82) is 0 Å². The molecule has 1 nitrogen and oxygen atoms in total. The number of hydrogen-bond donors (Lipinski definition) is 2. The van der Waals surface area contributed by atoms with Gasteiger partial charge in [-0.05, 0) is 30.5 Å². The summed E-state index contributed by atoms with van der Waals surface area (Å²) in [5, 5.41) is 0. The first-order valence-electron chi connectivity index (χ1n) is 5.76. The third-order valence-corrected chi connectivity index (χ3v) is 3.98. The van der Waals surface area contributed by atoms with Crippen LogP contribution in [0.4, 0.5) is 0 Å². The summed E-state index contributed by atoms with van der Waals surface area (Å²) in [7, 11) is 0. The van der Waals surface area contributed by atoms with Crippen LogP contribution in [-0.4, -0.2) is 6.54 Å². The van der Waals surface area contributed by atoms with E-state index < -0.39 is 0 Å². The molecule has 0 amide bonds. The average molecular weight is 221 g/mol. The molecule has 0 aliphatic heterocycles. The van der Waals surface area contributed by atoms with Crippen molar-refractivity contribution in [2.45, 2.75) is 42.4 Å². The second-order valence-corrected chi connectivity index (χ2v) is 5.11. The van der Waals surface area contributed by atoms with Crippen molar-refractivity contribution >= 4 is 12.6 Å². The van der Waals surface area contributed by atoms with Crippen molar-refractivity contribution in [3.8, 4) is 0 Å². The standard InChI is InChI=1S/C13H19NS/c14-10-13(8-2-1-3-9-13)11-4-6-12(15)7-5-11/h4-7,15H,1-3,8-10,14H2. The van der Waals surface area contributed by atoms with Crippen LogP contribution in [-0.2, 0) is 5.41 Å². The molecule has 0 atom stereocenters. The Bertz CT molecular complexity index is 312. The molecule has 2 N–H and O–H groups in total. The molecule has 1 fully saturated rings. The van der Waals surface area contributed by atoms with E-state index in [0.717, 1.165) is 11.4 Å². The zero-order valence-corrected chi connectivity index (χ0v) is 9.97. The van der Waals surface area contributed by atoms with Gasteiger partial charge in [-0.3, -0.25) is 0 Å². The van der Waals surface area contributed by atoms with Crippen LogP contribution in [0.1, 0.15) is 37.7 Å². The van der Waals surface area contributed by atoms with Crippen molar-refractivity contribution in [3.63, 3.8) is 0 Å². The van der Waals surface area contributed by atoms with Crippen LogP contribution in [0, 0.1) is 0 Å². The van der Waals surface area contributed by atoms with Gasteiger partial charge in [0.1, 0.15) is 0 Å². The van der Waals surface area contributed by atoms with Gasteiger partial charge in [-0.25, -0.2) is 0 Å². The Morgan fingerprint density at radius 3 is 2.20 bits per heavy atom. The highest BCUT2D eigenvalue weighted by molar-refractivity contribution is 7.80. The van der Waals surface area contributed by atoms with Crippen molar-refractivity contribution < 1.29 is 0 Å². The fourth-order valence-corrected chi connectivity index (χ4v) is 2.80. The predicted molar refractivity (Wildman–Crippen MR) is 67.5 cm³/mol. The van der Waals surface area contributed by atoms with Gasteiger partial charge in [-0.2, -0.15) is 0 Å². The molecule has 1 aromatic rings. The molecule has 1 aliphatic rings. The number of hydrogen-bond acceptors (Lipinski definition) is 2. The number of rotatable bonds is 2. The smallest absolute Gasteiger partial charge is 0.00755 e. The van der Waals surface area contributed by atoms with E-state index >= 15 is 0 Å². The molecule has 0 radical (unpaired) electrons. The SMILES string of the molecule is NCC1(c2ccc(S)cc2)CCCCC1. The number of nitrogens with two attached hydrogens (primary N) is 1. The minimum atomic E-state index is 0.250. The van der Waals surface area contributed by atoms with Crippen LogP contribution in [0.15, 0.2) is 29.2 Å². The van der Waals surface area contributed by atoms with Crippen molar-refractivity contribution in [2.75, 3.05) is 6.54 Å². The first-order chi connectivity index (χ1) is 7.27. The summed E-state index contributed by atoms with van der Waals surface area (Å²) < 4.78 is 0. The fraction of sp³-hybridized carbons (Fsp3) is 0.538. The zero-order chi connectivity index (χ0) is 10.7. The lowest BCUT2D eigenvalue weighted by molar-refractivity contribution is 0.300. The third-order valence-electron chi connectivity index (χ3n) is 3.68. The van der Waals surface area contributed by atoms with E-state index in [1.54, 1.807) is 0 Å². The lowest BCUT2D eigenvalue weighted by Crippen LogP contribution is -2.37. The van der Waals surface area contributed by atoms with E-state index in [1.165, 1.54) is 37.7 Å². The van der Waals surface area contributed by atoms with Crippen molar-refractivity contribution in [1.82, 2.24) is 0 Å². The van der Waals surface area contributed by atoms with E-state index in [0.29, 0.717) is 0 Å². The summed E-state index contributed by atoms with van der Waals surface area (Å²) in [4.78, 5) is 1.03. The molecule has 1 saturated carbocycles. The molecule has 2 heteroatoms. The maximum absolute atomic E-state index is 5.99. The van der Waals surface area contributed by atoms with Crippen LogP contribution in [0.5, 0.6) is 0 Å². The third kappa shape index (κ3) is 2.21. The Balaban J connectivity index is 2.28. The Hall–Kier alpha value is -0.470. The highest BCUT2D eigenvalue weighted by Crippen LogP contribution is 2.38. The molecule has 2 rings (SSSR count). The van der Waals surface area contributed by atoms with E-state index in [4.69, 9.17) is 5.73 Å². The molecular formula is C13H19NS.